The van der Waals surface area contributed by atoms with Gasteiger partial charge in [-0.25, -0.2) is 0 Å². The highest BCUT2D eigenvalue weighted by molar-refractivity contribution is 6.05. The zero-order valence-electron chi connectivity index (χ0n) is 23.8. The largest absolute Gasteiger partial charge is 0.313 e. The summed E-state index contributed by atoms with van der Waals surface area (Å²) in [6, 6.07) is 20.8. The minimum absolute atomic E-state index is 0. The van der Waals surface area contributed by atoms with E-state index in [9.17, 15) is 4.79 Å². The lowest BCUT2D eigenvalue weighted by Crippen LogP contribution is -2.32. The van der Waals surface area contributed by atoms with Crippen molar-refractivity contribution in [2.75, 3.05) is 7.05 Å². The standard InChI is InChI=1S/C32H41NO.C2H6.H2/c1-8-9-16-23(2)21-24(3)32(34)25(4)22-30(33-7)27(6)31(29-19-14-11-15-20-29)26(5)28-17-12-10-13-18-28;1-2;/h8-20,24-25,30,33H,5,21-22H2,1-4,6-7H3;1-2H3;1H/b9-8-,23-16+,31-27+;;. The molecule has 0 radical (unpaired) electrons. The van der Waals surface area contributed by atoms with Crippen LogP contribution < -0.4 is 5.32 Å². The van der Waals surface area contributed by atoms with Gasteiger partial charge in [-0.05, 0) is 68.5 Å². The number of allylic oxidation sites excluding steroid dienone is 6. The number of carbonyl (C=O) groups is 1. The molecule has 0 saturated carbocycles. The van der Waals surface area contributed by atoms with Crippen molar-refractivity contribution >= 4 is 16.9 Å². The molecule has 2 rings (SSSR count). The summed E-state index contributed by atoms with van der Waals surface area (Å²) in [7, 11) is 1.98. The summed E-state index contributed by atoms with van der Waals surface area (Å²) in [6.45, 7) is 18.9. The average Bonchev–Trinajstić information content (AvgIpc) is 2.92. The maximum atomic E-state index is 13.2. The Morgan fingerprint density at radius 1 is 0.944 bits per heavy atom. The van der Waals surface area contributed by atoms with Crippen LogP contribution in [0.2, 0.25) is 0 Å². The fourth-order valence-electron chi connectivity index (χ4n) is 4.58. The van der Waals surface area contributed by atoms with E-state index >= 15 is 0 Å². The minimum atomic E-state index is -0.0427. The fraction of sp³-hybridized carbons (Fsp3) is 0.382. The number of nitrogens with one attached hydrogen (secondary N) is 1. The monoisotopic (exact) mass is 487 g/mol. The lowest BCUT2D eigenvalue weighted by atomic mass is 9.82. The highest BCUT2D eigenvalue weighted by Crippen LogP contribution is 2.35. The van der Waals surface area contributed by atoms with Gasteiger partial charge in [-0.1, -0.05) is 119 Å². The Hall–Kier alpha value is -2.97. The van der Waals surface area contributed by atoms with E-state index in [1.165, 1.54) is 11.1 Å². The molecule has 0 aliphatic heterocycles. The van der Waals surface area contributed by atoms with Crippen molar-refractivity contribution in [1.82, 2.24) is 5.32 Å². The Balaban J connectivity index is 0.00000421. The summed E-state index contributed by atoms with van der Waals surface area (Å²) in [6.07, 6.45) is 7.69. The zero-order valence-corrected chi connectivity index (χ0v) is 23.8. The van der Waals surface area contributed by atoms with Crippen molar-refractivity contribution in [3.05, 3.63) is 108 Å². The van der Waals surface area contributed by atoms with Crippen LogP contribution in [0.4, 0.5) is 0 Å². The molecule has 1 N–H and O–H groups in total. The average molecular weight is 488 g/mol. The highest BCUT2D eigenvalue weighted by Gasteiger charge is 2.25. The van der Waals surface area contributed by atoms with Crippen LogP contribution >= 0.6 is 0 Å². The lowest BCUT2D eigenvalue weighted by Gasteiger charge is -2.26. The lowest BCUT2D eigenvalue weighted by molar-refractivity contribution is -0.126. The van der Waals surface area contributed by atoms with Crippen molar-refractivity contribution < 1.29 is 6.22 Å². The van der Waals surface area contributed by atoms with E-state index in [0.29, 0.717) is 5.78 Å². The molecule has 0 saturated heterocycles. The first kappa shape index (κ1) is 31.1. The van der Waals surface area contributed by atoms with Gasteiger partial charge in [0.05, 0.1) is 0 Å². The topological polar surface area (TPSA) is 29.1 Å². The Morgan fingerprint density at radius 3 is 1.97 bits per heavy atom. The number of benzene rings is 2. The summed E-state index contributed by atoms with van der Waals surface area (Å²) >= 11 is 0. The summed E-state index contributed by atoms with van der Waals surface area (Å²) in [5.41, 5.74) is 6.84. The Morgan fingerprint density at radius 2 is 1.47 bits per heavy atom. The summed E-state index contributed by atoms with van der Waals surface area (Å²) in [5.74, 6) is 0.287. The van der Waals surface area contributed by atoms with Crippen LogP contribution in [-0.2, 0) is 4.79 Å². The van der Waals surface area contributed by atoms with Crippen LogP contribution in [0.3, 0.4) is 0 Å². The van der Waals surface area contributed by atoms with Crippen molar-refractivity contribution in [3.63, 3.8) is 0 Å². The van der Waals surface area contributed by atoms with E-state index in [2.05, 4.69) is 82.1 Å². The van der Waals surface area contributed by atoms with E-state index in [-0.39, 0.29) is 19.3 Å². The van der Waals surface area contributed by atoms with Gasteiger partial charge in [0.25, 0.3) is 0 Å². The molecule has 0 aromatic heterocycles. The van der Waals surface area contributed by atoms with E-state index in [4.69, 9.17) is 0 Å². The predicted octanol–water partition coefficient (Wildman–Crippen LogP) is 9.18. The molecular weight excluding hydrogens is 438 g/mol. The Labute approximate surface area is 222 Å². The van der Waals surface area contributed by atoms with Crippen LogP contribution in [0.5, 0.6) is 0 Å². The molecule has 0 bridgehead atoms. The quantitative estimate of drug-likeness (QED) is 0.302. The van der Waals surface area contributed by atoms with Crippen molar-refractivity contribution in [2.24, 2.45) is 11.8 Å². The maximum Gasteiger partial charge on any atom is 0.138 e. The number of Topliss-reactive ketones (excluding diaryl/α,β-unsaturated/α-hetero) is 1. The number of ketones is 1. The molecular formula is C34H49NO. The minimum Gasteiger partial charge on any atom is -0.313 e. The van der Waals surface area contributed by atoms with E-state index in [1.54, 1.807) is 0 Å². The second kappa shape index (κ2) is 16.7. The molecule has 3 unspecified atom stereocenters. The molecule has 2 aromatic rings. The molecule has 2 heteroatoms. The van der Waals surface area contributed by atoms with Gasteiger partial charge in [-0.15, -0.1) is 0 Å². The molecule has 196 valence electrons. The number of hydrogen-bond acceptors (Lipinski definition) is 2. The SMILES string of the molecule is C=C(/C(=C(/C)C(CC(C)C(=O)C(C)C/C(C)=C/C=C\C)NC)c1ccccc1)c1ccccc1.CC.[HH]. The first-order valence-corrected chi connectivity index (χ1v) is 13.3. The first-order valence-electron chi connectivity index (χ1n) is 13.3. The van der Waals surface area contributed by atoms with E-state index < -0.39 is 0 Å². The number of carbonyl (C=O) groups excluding carboxylic acids is 1. The highest BCUT2D eigenvalue weighted by atomic mass is 16.1. The van der Waals surface area contributed by atoms with Gasteiger partial charge < -0.3 is 5.32 Å². The van der Waals surface area contributed by atoms with Gasteiger partial charge in [0.15, 0.2) is 0 Å². The maximum absolute atomic E-state index is 13.2. The molecule has 0 fully saturated rings. The second-order valence-electron chi connectivity index (χ2n) is 9.29. The van der Waals surface area contributed by atoms with Crippen LogP contribution in [0.25, 0.3) is 11.1 Å². The summed E-state index contributed by atoms with van der Waals surface area (Å²) in [5, 5.41) is 3.48. The van der Waals surface area contributed by atoms with Crippen LogP contribution in [0.15, 0.2) is 96.6 Å². The van der Waals surface area contributed by atoms with E-state index in [0.717, 1.165) is 35.1 Å². The molecule has 0 heterocycles. The van der Waals surface area contributed by atoms with Gasteiger partial charge >= 0.3 is 0 Å². The number of hydrogen-bond donors (Lipinski definition) is 1. The molecule has 3 atom stereocenters. The molecule has 0 spiro atoms. The smallest absolute Gasteiger partial charge is 0.138 e. The van der Waals surface area contributed by atoms with Crippen LogP contribution in [0, 0.1) is 11.8 Å². The second-order valence-corrected chi connectivity index (χ2v) is 9.29. The Bertz CT molecular complexity index is 1030. The van der Waals surface area contributed by atoms with Crippen molar-refractivity contribution in [3.8, 4) is 0 Å². The Kier molecular flexibility index (Phi) is 14.4. The normalized spacial score (nSPS) is 14.8. The van der Waals surface area contributed by atoms with Gasteiger partial charge in [-0.3, -0.25) is 4.79 Å². The zero-order chi connectivity index (χ0) is 27.1. The van der Waals surface area contributed by atoms with Gasteiger partial charge in [-0.2, -0.15) is 0 Å². The third-order valence-corrected chi connectivity index (χ3v) is 6.51. The first-order chi connectivity index (χ1) is 17.3. The third-order valence-electron chi connectivity index (χ3n) is 6.51. The fourth-order valence-corrected chi connectivity index (χ4v) is 4.58. The molecule has 0 amide bonds. The van der Waals surface area contributed by atoms with Crippen LogP contribution in [0.1, 0.15) is 73.9 Å². The van der Waals surface area contributed by atoms with Gasteiger partial charge in [0.1, 0.15) is 5.78 Å². The number of likely N-dealkylation sites (N-methyl/N-ethyl adjacent to an activating group) is 1. The molecule has 2 nitrogen and oxygen atoms in total. The molecule has 0 aliphatic rings. The van der Waals surface area contributed by atoms with Crippen molar-refractivity contribution in [1.29, 1.82) is 0 Å². The molecule has 2 aromatic carbocycles. The van der Waals surface area contributed by atoms with Crippen LogP contribution in [-0.4, -0.2) is 18.9 Å². The predicted molar refractivity (Wildman–Crippen MR) is 162 cm³/mol. The summed E-state index contributed by atoms with van der Waals surface area (Å²) in [4.78, 5) is 13.2. The van der Waals surface area contributed by atoms with E-state index in [1.807, 2.05) is 64.2 Å². The molecule has 36 heavy (non-hydrogen) atoms. The third kappa shape index (κ3) is 9.24. The number of rotatable bonds is 12. The van der Waals surface area contributed by atoms with Gasteiger partial charge in [0, 0.05) is 19.3 Å². The van der Waals surface area contributed by atoms with Crippen molar-refractivity contribution in [2.45, 2.75) is 67.3 Å². The van der Waals surface area contributed by atoms with Gasteiger partial charge in [0.2, 0.25) is 0 Å². The summed E-state index contributed by atoms with van der Waals surface area (Å²) < 4.78 is 0. The molecule has 0 aliphatic carbocycles.